The van der Waals surface area contributed by atoms with Gasteiger partial charge in [0.2, 0.25) is 0 Å². The largest absolute Gasteiger partial charge is 0.464 e. The molecule has 1 atom stereocenters. The van der Waals surface area contributed by atoms with Gasteiger partial charge in [0.05, 0.1) is 0 Å². The van der Waals surface area contributed by atoms with E-state index in [9.17, 15) is 17.6 Å². The molecular formula is C6H5F4NO. The van der Waals surface area contributed by atoms with Crippen molar-refractivity contribution in [3.05, 3.63) is 23.9 Å². The van der Waals surface area contributed by atoms with Crippen molar-refractivity contribution in [3.8, 4) is 0 Å². The maximum atomic E-state index is 12.2. The Labute approximate surface area is 65.0 Å². The number of nitrogens with two attached hydrogens (primary N) is 1. The molecule has 0 unspecified atom stereocenters. The molecule has 0 aliphatic heterocycles. The molecule has 2 nitrogen and oxygen atoms in total. The third-order valence-corrected chi connectivity index (χ3v) is 1.25. The summed E-state index contributed by atoms with van der Waals surface area (Å²) in [5.41, 5.74) is 4.70. The molecule has 1 aromatic heterocycles. The number of hydrogen-bond acceptors (Lipinski definition) is 2. The minimum Gasteiger partial charge on any atom is -0.464 e. The Balaban J connectivity index is 2.85. The molecule has 1 heterocycles. The van der Waals surface area contributed by atoms with E-state index in [1.807, 2.05) is 0 Å². The molecule has 2 N–H and O–H groups in total. The van der Waals surface area contributed by atoms with Crippen LogP contribution >= 0.6 is 0 Å². The normalized spacial score (nSPS) is 14.8. The van der Waals surface area contributed by atoms with Gasteiger partial charge in [-0.3, -0.25) is 0 Å². The topological polar surface area (TPSA) is 39.2 Å². The van der Waals surface area contributed by atoms with Gasteiger partial charge in [0.15, 0.2) is 11.9 Å². The molecule has 0 saturated heterocycles. The quantitative estimate of drug-likeness (QED) is 0.676. The number of rotatable bonds is 1. The second-order valence-electron chi connectivity index (χ2n) is 2.19. The van der Waals surface area contributed by atoms with Crippen molar-refractivity contribution in [2.45, 2.75) is 12.2 Å². The van der Waals surface area contributed by atoms with Crippen molar-refractivity contribution in [3.63, 3.8) is 0 Å². The second kappa shape index (κ2) is 2.78. The standard InChI is InChI=1S/C6H5F4NO/c7-3-1-4(12-2-3)5(11)6(8,9)10/h1-2,5H,11H2/t5-/m1/s1. The van der Waals surface area contributed by atoms with E-state index in [4.69, 9.17) is 5.73 Å². The van der Waals surface area contributed by atoms with Gasteiger partial charge in [-0.1, -0.05) is 0 Å². The van der Waals surface area contributed by atoms with Gasteiger partial charge in [-0.15, -0.1) is 0 Å². The number of halogens is 4. The Hall–Kier alpha value is -1.04. The van der Waals surface area contributed by atoms with Crippen molar-refractivity contribution in [1.29, 1.82) is 0 Å². The summed E-state index contributed by atoms with van der Waals surface area (Å²) in [7, 11) is 0. The van der Waals surface area contributed by atoms with Crippen LogP contribution in [-0.2, 0) is 0 Å². The molecule has 68 valence electrons. The van der Waals surface area contributed by atoms with Crippen LogP contribution in [0.4, 0.5) is 17.6 Å². The average molecular weight is 183 g/mol. The fourth-order valence-electron chi connectivity index (χ4n) is 0.653. The van der Waals surface area contributed by atoms with E-state index < -0.39 is 23.8 Å². The van der Waals surface area contributed by atoms with Crippen molar-refractivity contribution >= 4 is 0 Å². The first kappa shape index (κ1) is 9.05. The van der Waals surface area contributed by atoms with Crippen molar-refractivity contribution < 1.29 is 22.0 Å². The van der Waals surface area contributed by atoms with Crippen LogP contribution in [0.1, 0.15) is 11.8 Å². The van der Waals surface area contributed by atoms with Crippen LogP contribution in [-0.4, -0.2) is 6.18 Å². The maximum absolute atomic E-state index is 12.2. The number of hydrogen-bond donors (Lipinski definition) is 1. The second-order valence-corrected chi connectivity index (χ2v) is 2.19. The monoisotopic (exact) mass is 183 g/mol. The Morgan fingerprint density at radius 3 is 2.33 bits per heavy atom. The molecule has 0 aliphatic rings. The molecule has 0 fully saturated rings. The van der Waals surface area contributed by atoms with E-state index in [-0.39, 0.29) is 0 Å². The lowest BCUT2D eigenvalue weighted by Crippen LogP contribution is -2.27. The SMILES string of the molecule is N[C@H](c1cc(F)co1)C(F)(F)F. The Kier molecular flexibility index (Phi) is 2.10. The summed E-state index contributed by atoms with van der Waals surface area (Å²) in [5, 5.41) is 0. The molecule has 6 heteroatoms. The van der Waals surface area contributed by atoms with E-state index in [1.54, 1.807) is 0 Å². The summed E-state index contributed by atoms with van der Waals surface area (Å²) >= 11 is 0. The lowest BCUT2D eigenvalue weighted by atomic mass is 10.2. The van der Waals surface area contributed by atoms with Gasteiger partial charge in [-0.2, -0.15) is 13.2 Å². The molecule has 1 rings (SSSR count). The van der Waals surface area contributed by atoms with Crippen LogP contribution in [0.3, 0.4) is 0 Å². The first-order valence-corrected chi connectivity index (χ1v) is 2.97. The van der Waals surface area contributed by atoms with Gasteiger partial charge in [-0.05, 0) is 0 Å². The van der Waals surface area contributed by atoms with E-state index >= 15 is 0 Å². The molecular weight excluding hydrogens is 178 g/mol. The highest BCUT2D eigenvalue weighted by Gasteiger charge is 2.40. The zero-order chi connectivity index (χ0) is 9.35. The molecule has 1 aromatic rings. The summed E-state index contributed by atoms with van der Waals surface area (Å²) in [5.74, 6) is -1.50. The highest BCUT2D eigenvalue weighted by atomic mass is 19.4. The predicted octanol–water partition coefficient (Wildman–Crippen LogP) is 1.98. The van der Waals surface area contributed by atoms with E-state index in [1.165, 1.54) is 0 Å². The fourth-order valence-corrected chi connectivity index (χ4v) is 0.653. The van der Waals surface area contributed by atoms with Crippen LogP contribution < -0.4 is 5.73 Å². The lowest BCUT2D eigenvalue weighted by molar-refractivity contribution is -0.152. The van der Waals surface area contributed by atoms with Crippen LogP contribution in [0.15, 0.2) is 16.7 Å². The Morgan fingerprint density at radius 1 is 1.42 bits per heavy atom. The van der Waals surface area contributed by atoms with E-state index in [2.05, 4.69) is 4.42 Å². The third-order valence-electron chi connectivity index (χ3n) is 1.25. The number of alkyl halides is 3. The molecule has 0 amide bonds. The van der Waals surface area contributed by atoms with E-state index in [0.717, 1.165) is 0 Å². The number of furan rings is 1. The van der Waals surface area contributed by atoms with Gasteiger partial charge < -0.3 is 10.2 Å². The third kappa shape index (κ3) is 1.76. The average Bonchev–Trinajstić information content (AvgIpc) is 2.32. The molecule has 0 aromatic carbocycles. The van der Waals surface area contributed by atoms with Crippen LogP contribution in [0.2, 0.25) is 0 Å². The summed E-state index contributed by atoms with van der Waals surface area (Å²) in [6.07, 6.45) is -4.04. The highest BCUT2D eigenvalue weighted by Crippen LogP contribution is 2.30. The van der Waals surface area contributed by atoms with Crippen LogP contribution in [0.25, 0.3) is 0 Å². The minimum atomic E-state index is -4.61. The minimum absolute atomic E-state index is 0.570. The van der Waals surface area contributed by atoms with Crippen LogP contribution in [0.5, 0.6) is 0 Å². The first-order chi connectivity index (χ1) is 5.41. The zero-order valence-electron chi connectivity index (χ0n) is 5.73. The predicted molar refractivity (Wildman–Crippen MR) is 31.6 cm³/mol. The Bertz CT molecular complexity index is 267. The summed E-state index contributed by atoms with van der Waals surface area (Å²) in [6, 6.07) is -1.65. The lowest BCUT2D eigenvalue weighted by Gasteiger charge is -2.11. The van der Waals surface area contributed by atoms with Crippen molar-refractivity contribution in [1.82, 2.24) is 0 Å². The van der Waals surface area contributed by atoms with Crippen molar-refractivity contribution in [2.75, 3.05) is 0 Å². The summed E-state index contributed by atoms with van der Waals surface area (Å²) < 4.78 is 51.9. The smallest absolute Gasteiger partial charge is 0.410 e. The summed E-state index contributed by atoms with van der Waals surface area (Å²) in [6.45, 7) is 0. The Morgan fingerprint density at radius 2 is 2.00 bits per heavy atom. The molecule has 0 saturated carbocycles. The van der Waals surface area contributed by atoms with Gasteiger partial charge in [0.25, 0.3) is 0 Å². The molecule has 12 heavy (non-hydrogen) atoms. The van der Waals surface area contributed by atoms with Crippen LogP contribution in [0, 0.1) is 5.82 Å². The highest BCUT2D eigenvalue weighted by molar-refractivity contribution is 5.07. The fraction of sp³-hybridized carbons (Fsp3) is 0.333. The molecule has 0 spiro atoms. The van der Waals surface area contributed by atoms with Gasteiger partial charge in [0.1, 0.15) is 12.0 Å². The van der Waals surface area contributed by atoms with Gasteiger partial charge >= 0.3 is 6.18 Å². The molecule has 0 radical (unpaired) electrons. The van der Waals surface area contributed by atoms with Gasteiger partial charge in [0, 0.05) is 6.07 Å². The molecule has 0 bridgehead atoms. The maximum Gasteiger partial charge on any atom is 0.410 e. The summed E-state index contributed by atoms with van der Waals surface area (Å²) in [4.78, 5) is 0. The first-order valence-electron chi connectivity index (χ1n) is 2.97. The zero-order valence-corrected chi connectivity index (χ0v) is 5.73. The van der Waals surface area contributed by atoms with Crippen molar-refractivity contribution in [2.24, 2.45) is 5.73 Å². The van der Waals surface area contributed by atoms with E-state index in [0.29, 0.717) is 12.3 Å². The van der Waals surface area contributed by atoms with Gasteiger partial charge in [-0.25, -0.2) is 4.39 Å². The molecule has 0 aliphatic carbocycles.